The third-order valence-electron chi connectivity index (χ3n) is 8.21. The number of amides is 5. The largest absolute Gasteiger partial charge is 0.481 e. The lowest BCUT2D eigenvalue weighted by molar-refractivity contribution is -0.143. The molecule has 0 bridgehead atoms. The molecule has 1 aromatic carbocycles. The van der Waals surface area contributed by atoms with E-state index in [9.17, 15) is 43.8 Å². The zero-order chi connectivity index (χ0) is 39.9. The number of aliphatic hydroxyl groups excluding tert-OH is 1. The Hall–Kier alpha value is -4.65. The summed E-state index contributed by atoms with van der Waals surface area (Å²) in [6.45, 7) is 3.58. The van der Waals surface area contributed by atoms with Crippen LogP contribution in [0.5, 0.6) is 0 Å². The molecule has 0 aliphatic carbocycles. The van der Waals surface area contributed by atoms with E-state index in [0.29, 0.717) is 44.3 Å². The van der Waals surface area contributed by atoms with Gasteiger partial charge in [0.05, 0.1) is 6.61 Å². The Bertz CT molecular complexity index is 1330. The number of aliphatic carboxylic acids is 2. The van der Waals surface area contributed by atoms with E-state index in [0.717, 1.165) is 0 Å². The number of aliphatic hydroxyl groups is 1. The first kappa shape index (κ1) is 46.4. The number of benzene rings is 1. The number of carboxylic acid groups (broad SMARTS) is 2. The number of carbonyl (C=O) groups excluding carboxylic acids is 5. The van der Waals surface area contributed by atoms with Crippen LogP contribution in [0.25, 0.3) is 0 Å². The molecule has 1 rings (SSSR count). The molecule has 0 aliphatic heterocycles. The molecule has 1 aromatic rings. The van der Waals surface area contributed by atoms with E-state index in [1.165, 1.54) is 0 Å². The van der Waals surface area contributed by atoms with E-state index in [1.54, 1.807) is 30.3 Å². The second kappa shape index (κ2) is 25.3. The summed E-state index contributed by atoms with van der Waals surface area (Å²) in [5, 5.41) is 40.7. The molecule has 0 aromatic heterocycles. The third-order valence-corrected chi connectivity index (χ3v) is 8.21. The van der Waals surface area contributed by atoms with Crippen LogP contribution >= 0.6 is 0 Å². The van der Waals surface area contributed by atoms with Crippen molar-refractivity contribution in [3.63, 3.8) is 0 Å². The summed E-state index contributed by atoms with van der Waals surface area (Å²) < 4.78 is 0. The topological polar surface area (TPSA) is 318 Å². The molecule has 0 saturated heterocycles. The van der Waals surface area contributed by atoms with Gasteiger partial charge in [0.1, 0.15) is 36.3 Å². The Balaban J connectivity index is 3.31. The van der Waals surface area contributed by atoms with Crippen LogP contribution in [-0.4, -0.2) is 113 Å². The molecular weight excluding hydrogens is 692 g/mol. The van der Waals surface area contributed by atoms with Crippen LogP contribution in [0, 0.1) is 5.92 Å². The highest BCUT2D eigenvalue weighted by molar-refractivity contribution is 5.96. The van der Waals surface area contributed by atoms with Gasteiger partial charge in [-0.3, -0.25) is 28.8 Å². The van der Waals surface area contributed by atoms with Crippen molar-refractivity contribution < 1.29 is 48.9 Å². The lowest BCUT2D eigenvalue weighted by Gasteiger charge is -2.28. The van der Waals surface area contributed by atoms with Crippen molar-refractivity contribution in [2.45, 2.75) is 114 Å². The fraction of sp³-hybridized carbons (Fsp3) is 0.629. The van der Waals surface area contributed by atoms with E-state index < -0.39 is 90.8 Å². The van der Waals surface area contributed by atoms with Gasteiger partial charge in [0.15, 0.2) is 0 Å². The van der Waals surface area contributed by atoms with Crippen molar-refractivity contribution in [3.05, 3.63) is 35.9 Å². The maximum Gasteiger partial charge on any atom is 0.326 e. The number of nitrogens with one attached hydrogen (secondary N) is 5. The van der Waals surface area contributed by atoms with Gasteiger partial charge in [0.25, 0.3) is 0 Å². The number of unbranched alkanes of at least 4 members (excludes halogenated alkanes) is 2. The van der Waals surface area contributed by atoms with E-state index in [1.807, 2.05) is 13.8 Å². The molecule has 0 aliphatic rings. The number of rotatable bonds is 27. The molecule has 18 heteroatoms. The molecule has 18 nitrogen and oxygen atoms in total. The van der Waals surface area contributed by atoms with E-state index in [4.69, 9.17) is 22.3 Å². The van der Waals surface area contributed by atoms with Gasteiger partial charge in [-0.1, -0.05) is 44.2 Å². The van der Waals surface area contributed by atoms with Gasteiger partial charge in [0, 0.05) is 12.8 Å². The van der Waals surface area contributed by atoms with Crippen LogP contribution in [0.2, 0.25) is 0 Å². The molecule has 53 heavy (non-hydrogen) atoms. The maximum absolute atomic E-state index is 13.8. The Morgan fingerprint density at radius 3 is 1.53 bits per heavy atom. The van der Waals surface area contributed by atoms with Crippen molar-refractivity contribution in [1.29, 1.82) is 0 Å². The van der Waals surface area contributed by atoms with Crippen LogP contribution in [0.3, 0.4) is 0 Å². The minimum absolute atomic E-state index is 0.0404. The number of carbonyl (C=O) groups is 7. The lowest BCUT2D eigenvalue weighted by atomic mass is 10.00. The van der Waals surface area contributed by atoms with Gasteiger partial charge in [-0.2, -0.15) is 0 Å². The summed E-state index contributed by atoms with van der Waals surface area (Å²) in [4.78, 5) is 89.8. The summed E-state index contributed by atoms with van der Waals surface area (Å²) >= 11 is 0. The van der Waals surface area contributed by atoms with Crippen molar-refractivity contribution in [2.24, 2.45) is 23.1 Å². The SMILES string of the molecule is CC(C)C[C@H](NC(=O)[C@H](CCCCN)NC(=O)[C@H](Cc1ccccc1)NC(=O)[C@@H](N)CO)C(=O)N[C@@H](CCCCN)C(=O)N[C@@H](CCC(=O)O)C(=O)O. The Labute approximate surface area is 309 Å². The highest BCUT2D eigenvalue weighted by Gasteiger charge is 2.33. The summed E-state index contributed by atoms with van der Waals surface area (Å²) in [5.41, 5.74) is 17.6. The Morgan fingerprint density at radius 2 is 1.08 bits per heavy atom. The lowest BCUT2D eigenvalue weighted by Crippen LogP contribution is -2.59. The van der Waals surface area contributed by atoms with Crippen LogP contribution in [0.4, 0.5) is 0 Å². The monoisotopic (exact) mass is 750 g/mol. The zero-order valence-electron chi connectivity index (χ0n) is 30.6. The molecule has 14 N–H and O–H groups in total. The van der Waals surface area contributed by atoms with Crippen molar-refractivity contribution >= 4 is 41.5 Å². The normalized spacial score (nSPS) is 14.5. The summed E-state index contributed by atoms with van der Waals surface area (Å²) in [6, 6.07) is 1.20. The standard InChI is InChI=1S/C35H58N8O10/c1-21(2)18-27(33(50)39-24(12-6-8-16-36)31(48)41-26(35(52)53)14-15-29(45)46)43-32(49)25(13-7-9-17-37)40-34(51)28(42-30(47)23(38)20-44)19-22-10-4-3-5-11-22/h3-5,10-11,21,23-28,44H,6-9,12-20,36-38H2,1-2H3,(H,39,50)(H,40,51)(H,41,48)(H,42,47)(H,43,49)(H,45,46)(H,52,53)/t23-,24-,25-,26-,27-,28-/m0/s1. The average molecular weight is 751 g/mol. The Kier molecular flexibility index (Phi) is 22.2. The molecule has 0 unspecified atom stereocenters. The minimum Gasteiger partial charge on any atom is -0.481 e. The summed E-state index contributed by atoms with van der Waals surface area (Å²) in [5.74, 6) is -6.60. The average Bonchev–Trinajstić information content (AvgIpc) is 3.11. The predicted octanol–water partition coefficient (Wildman–Crippen LogP) is -1.77. The molecule has 6 atom stereocenters. The van der Waals surface area contributed by atoms with Crippen molar-refractivity contribution in [3.8, 4) is 0 Å². The van der Waals surface area contributed by atoms with Gasteiger partial charge < -0.3 is 59.1 Å². The second-order valence-corrected chi connectivity index (χ2v) is 13.3. The highest BCUT2D eigenvalue weighted by atomic mass is 16.4. The van der Waals surface area contributed by atoms with Crippen molar-refractivity contribution in [2.75, 3.05) is 19.7 Å². The van der Waals surface area contributed by atoms with Gasteiger partial charge >= 0.3 is 11.9 Å². The van der Waals surface area contributed by atoms with Gasteiger partial charge in [-0.25, -0.2) is 4.79 Å². The van der Waals surface area contributed by atoms with Gasteiger partial charge in [-0.05, 0) is 75.9 Å². The third kappa shape index (κ3) is 18.6. The number of hydrogen-bond acceptors (Lipinski definition) is 11. The fourth-order valence-electron chi connectivity index (χ4n) is 5.26. The first-order chi connectivity index (χ1) is 25.1. The number of carboxylic acids is 2. The maximum atomic E-state index is 13.8. The summed E-state index contributed by atoms with van der Waals surface area (Å²) in [7, 11) is 0. The zero-order valence-corrected chi connectivity index (χ0v) is 30.6. The first-order valence-corrected chi connectivity index (χ1v) is 17.9. The fourth-order valence-corrected chi connectivity index (χ4v) is 5.26. The highest BCUT2D eigenvalue weighted by Crippen LogP contribution is 2.11. The molecule has 0 spiro atoms. The quantitative estimate of drug-likeness (QED) is 0.0444. The molecule has 0 fully saturated rings. The van der Waals surface area contributed by atoms with Crippen molar-refractivity contribution in [1.82, 2.24) is 26.6 Å². The van der Waals surface area contributed by atoms with E-state index in [2.05, 4.69) is 26.6 Å². The summed E-state index contributed by atoms with van der Waals surface area (Å²) in [6.07, 6.45) is 1.32. The molecule has 0 saturated carbocycles. The second-order valence-electron chi connectivity index (χ2n) is 13.3. The van der Waals surface area contributed by atoms with Gasteiger partial charge in [-0.15, -0.1) is 0 Å². The number of nitrogens with two attached hydrogens (primary N) is 3. The van der Waals surface area contributed by atoms with Crippen LogP contribution in [0.15, 0.2) is 30.3 Å². The molecule has 0 radical (unpaired) electrons. The number of hydrogen-bond donors (Lipinski definition) is 11. The molecule has 298 valence electrons. The van der Waals surface area contributed by atoms with Crippen LogP contribution < -0.4 is 43.8 Å². The minimum atomic E-state index is -1.52. The van der Waals surface area contributed by atoms with E-state index in [-0.39, 0.29) is 38.0 Å². The van der Waals surface area contributed by atoms with Gasteiger partial charge in [0.2, 0.25) is 29.5 Å². The smallest absolute Gasteiger partial charge is 0.326 e. The van der Waals surface area contributed by atoms with E-state index >= 15 is 0 Å². The van der Waals surface area contributed by atoms with Crippen LogP contribution in [0.1, 0.15) is 77.2 Å². The first-order valence-electron chi connectivity index (χ1n) is 17.9. The van der Waals surface area contributed by atoms with Crippen LogP contribution in [-0.2, 0) is 40.0 Å². The molecule has 5 amide bonds. The molecular formula is C35H58N8O10. The predicted molar refractivity (Wildman–Crippen MR) is 195 cm³/mol. The Morgan fingerprint density at radius 1 is 0.623 bits per heavy atom. The molecule has 0 heterocycles.